The highest BCUT2D eigenvalue weighted by Gasteiger charge is 2.10. The first-order chi connectivity index (χ1) is 11.0. The molecule has 0 bridgehead atoms. The molecule has 0 heterocycles. The number of carbonyl (C=O) groups is 3. The molecule has 0 atom stereocenters. The van der Waals surface area contributed by atoms with Gasteiger partial charge in [-0.2, -0.15) is 0 Å². The Morgan fingerprint density at radius 3 is 2.57 bits per heavy atom. The van der Waals surface area contributed by atoms with E-state index in [0.29, 0.717) is 11.3 Å². The second kappa shape index (κ2) is 8.12. The van der Waals surface area contributed by atoms with Crippen molar-refractivity contribution < 1.29 is 14.4 Å². The molecule has 1 aliphatic carbocycles. The van der Waals surface area contributed by atoms with Crippen LogP contribution in [-0.2, 0) is 9.59 Å². The summed E-state index contributed by atoms with van der Waals surface area (Å²) < 4.78 is 0. The monoisotopic (exact) mass is 315 g/mol. The predicted molar refractivity (Wildman–Crippen MR) is 87.8 cm³/mol. The number of carbonyl (C=O) groups excluding carboxylic acids is 3. The van der Waals surface area contributed by atoms with Crippen molar-refractivity contribution in [2.24, 2.45) is 5.73 Å². The van der Waals surface area contributed by atoms with E-state index < -0.39 is 11.8 Å². The third kappa shape index (κ3) is 5.58. The Morgan fingerprint density at radius 2 is 1.87 bits per heavy atom. The van der Waals surface area contributed by atoms with Crippen molar-refractivity contribution in [1.82, 2.24) is 5.32 Å². The van der Waals surface area contributed by atoms with Crippen LogP contribution >= 0.6 is 0 Å². The summed E-state index contributed by atoms with van der Waals surface area (Å²) in [5.74, 6) is -1.20. The molecule has 1 aromatic rings. The van der Waals surface area contributed by atoms with Gasteiger partial charge in [0, 0.05) is 17.3 Å². The first-order valence-corrected chi connectivity index (χ1v) is 7.71. The molecule has 4 N–H and O–H groups in total. The van der Waals surface area contributed by atoms with Gasteiger partial charge in [-0.15, -0.1) is 0 Å². The van der Waals surface area contributed by atoms with Gasteiger partial charge in [-0.25, -0.2) is 0 Å². The van der Waals surface area contributed by atoms with Gasteiger partial charge in [-0.1, -0.05) is 18.1 Å². The molecule has 0 unspecified atom stereocenters. The van der Waals surface area contributed by atoms with Gasteiger partial charge in [0.1, 0.15) is 0 Å². The van der Waals surface area contributed by atoms with E-state index in [-0.39, 0.29) is 12.5 Å². The zero-order valence-corrected chi connectivity index (χ0v) is 12.9. The van der Waals surface area contributed by atoms with Gasteiger partial charge < -0.3 is 16.4 Å². The second-order valence-electron chi connectivity index (χ2n) is 5.58. The maximum Gasteiger partial charge on any atom is 0.251 e. The first kappa shape index (κ1) is 16.7. The summed E-state index contributed by atoms with van der Waals surface area (Å²) in [6.45, 7) is -0.221. The van der Waals surface area contributed by atoms with Gasteiger partial charge in [0.05, 0.1) is 6.54 Å². The lowest BCUT2D eigenvalue weighted by Gasteiger charge is -2.13. The zero-order valence-electron chi connectivity index (χ0n) is 12.9. The number of benzene rings is 1. The third-order valence-corrected chi connectivity index (χ3v) is 3.65. The van der Waals surface area contributed by atoms with Crippen LogP contribution in [0.4, 0.5) is 5.69 Å². The summed E-state index contributed by atoms with van der Waals surface area (Å²) in [6.07, 6.45) is 7.09. The quantitative estimate of drug-likeness (QED) is 0.721. The molecular formula is C17H21N3O3. The molecule has 2 rings (SSSR count). The lowest BCUT2D eigenvalue weighted by atomic mass is 9.94. The maximum atomic E-state index is 12.0. The summed E-state index contributed by atoms with van der Waals surface area (Å²) in [6, 6.07) is 6.55. The Balaban J connectivity index is 1.97. The van der Waals surface area contributed by atoms with E-state index in [1.54, 1.807) is 30.3 Å². The summed E-state index contributed by atoms with van der Waals surface area (Å²) >= 11 is 0. The highest BCUT2D eigenvalue weighted by molar-refractivity contribution is 6.01. The van der Waals surface area contributed by atoms with Gasteiger partial charge in [0.2, 0.25) is 11.8 Å². The summed E-state index contributed by atoms with van der Waals surface area (Å²) in [4.78, 5) is 34.6. The molecule has 1 fully saturated rings. The van der Waals surface area contributed by atoms with E-state index in [4.69, 9.17) is 5.73 Å². The Hall–Kier alpha value is -2.63. The van der Waals surface area contributed by atoms with Crippen LogP contribution in [0, 0.1) is 0 Å². The van der Waals surface area contributed by atoms with Crippen molar-refractivity contribution in [3.8, 4) is 0 Å². The number of hydrogen-bond acceptors (Lipinski definition) is 3. The molecule has 122 valence electrons. The highest BCUT2D eigenvalue weighted by atomic mass is 16.2. The van der Waals surface area contributed by atoms with Gasteiger partial charge >= 0.3 is 0 Å². The summed E-state index contributed by atoms with van der Waals surface area (Å²) in [5.41, 5.74) is 7.05. The Morgan fingerprint density at radius 1 is 1.13 bits per heavy atom. The minimum atomic E-state index is -0.609. The second-order valence-corrected chi connectivity index (χ2v) is 5.58. The van der Waals surface area contributed by atoms with Crippen LogP contribution in [0.3, 0.4) is 0 Å². The van der Waals surface area contributed by atoms with E-state index in [0.717, 1.165) is 25.7 Å². The highest BCUT2D eigenvalue weighted by Crippen LogP contribution is 2.22. The van der Waals surface area contributed by atoms with E-state index in [1.807, 2.05) is 0 Å². The Bertz CT molecular complexity index is 630. The molecule has 0 aliphatic heterocycles. The molecule has 6 nitrogen and oxygen atoms in total. The maximum absolute atomic E-state index is 12.0. The molecule has 0 saturated heterocycles. The van der Waals surface area contributed by atoms with E-state index >= 15 is 0 Å². The Kier molecular flexibility index (Phi) is 5.91. The fourth-order valence-corrected chi connectivity index (χ4v) is 2.52. The van der Waals surface area contributed by atoms with Crippen molar-refractivity contribution in [3.05, 3.63) is 41.5 Å². The van der Waals surface area contributed by atoms with Crippen molar-refractivity contribution in [3.63, 3.8) is 0 Å². The van der Waals surface area contributed by atoms with Crippen molar-refractivity contribution in [2.75, 3.05) is 11.9 Å². The van der Waals surface area contributed by atoms with Crippen LogP contribution in [0.15, 0.2) is 35.9 Å². The van der Waals surface area contributed by atoms with Gasteiger partial charge in [-0.05, 0) is 43.9 Å². The lowest BCUT2D eigenvalue weighted by Crippen LogP contribution is -2.33. The number of primary amides is 1. The average Bonchev–Trinajstić information content (AvgIpc) is 2.53. The standard InChI is InChI=1S/C17H21N3O3/c18-15(21)11-19-17(23)13-7-4-8-14(10-13)20-16(22)9-12-5-2-1-3-6-12/h4,7-10H,1-3,5-6,11H2,(H2,18,21)(H,19,23)(H,20,22). The van der Waals surface area contributed by atoms with Crippen LogP contribution in [0.1, 0.15) is 42.5 Å². The average molecular weight is 315 g/mol. The zero-order chi connectivity index (χ0) is 16.7. The van der Waals surface area contributed by atoms with Gasteiger partial charge in [0.15, 0.2) is 0 Å². The fraction of sp³-hybridized carbons (Fsp3) is 0.353. The van der Waals surface area contributed by atoms with E-state index in [1.165, 1.54) is 12.0 Å². The van der Waals surface area contributed by atoms with Crippen molar-refractivity contribution in [1.29, 1.82) is 0 Å². The summed E-state index contributed by atoms with van der Waals surface area (Å²) in [5, 5.41) is 5.17. The van der Waals surface area contributed by atoms with Crippen LogP contribution in [0.2, 0.25) is 0 Å². The molecule has 6 heteroatoms. The molecule has 0 aromatic heterocycles. The minimum absolute atomic E-state index is 0.184. The van der Waals surface area contributed by atoms with Crippen molar-refractivity contribution in [2.45, 2.75) is 32.1 Å². The minimum Gasteiger partial charge on any atom is -0.368 e. The normalized spacial score (nSPS) is 14.0. The van der Waals surface area contributed by atoms with Crippen LogP contribution in [-0.4, -0.2) is 24.3 Å². The van der Waals surface area contributed by atoms with Crippen LogP contribution in [0.5, 0.6) is 0 Å². The third-order valence-electron chi connectivity index (χ3n) is 3.65. The number of allylic oxidation sites excluding steroid dienone is 1. The van der Waals surface area contributed by atoms with Gasteiger partial charge in [-0.3, -0.25) is 14.4 Å². The largest absolute Gasteiger partial charge is 0.368 e. The van der Waals surface area contributed by atoms with E-state index in [2.05, 4.69) is 10.6 Å². The number of hydrogen-bond donors (Lipinski definition) is 3. The molecule has 0 spiro atoms. The molecule has 1 saturated carbocycles. The smallest absolute Gasteiger partial charge is 0.251 e. The molecule has 1 aliphatic rings. The predicted octanol–water partition coefficient (Wildman–Crippen LogP) is 1.73. The molecule has 0 radical (unpaired) electrons. The van der Waals surface area contributed by atoms with Gasteiger partial charge in [0.25, 0.3) is 5.91 Å². The van der Waals surface area contributed by atoms with Crippen LogP contribution < -0.4 is 16.4 Å². The van der Waals surface area contributed by atoms with Crippen LogP contribution in [0.25, 0.3) is 0 Å². The molecule has 1 aromatic carbocycles. The van der Waals surface area contributed by atoms with E-state index in [9.17, 15) is 14.4 Å². The molecule has 3 amide bonds. The topological polar surface area (TPSA) is 101 Å². The summed E-state index contributed by atoms with van der Waals surface area (Å²) in [7, 11) is 0. The SMILES string of the molecule is NC(=O)CNC(=O)c1cccc(NC(=O)C=C2CCCCC2)c1. The lowest BCUT2D eigenvalue weighted by molar-refractivity contribution is -0.117. The number of amides is 3. The van der Waals surface area contributed by atoms with Crippen molar-refractivity contribution >= 4 is 23.4 Å². The fourth-order valence-electron chi connectivity index (χ4n) is 2.52. The molecular weight excluding hydrogens is 294 g/mol. The first-order valence-electron chi connectivity index (χ1n) is 7.71. The number of rotatable bonds is 5. The number of nitrogens with one attached hydrogen (secondary N) is 2. The number of nitrogens with two attached hydrogens (primary N) is 1. The number of anilines is 1. The molecule has 23 heavy (non-hydrogen) atoms. The Labute approximate surface area is 135 Å².